The third kappa shape index (κ3) is 3.99. The summed E-state index contributed by atoms with van der Waals surface area (Å²) >= 11 is 0. The average Bonchev–Trinajstić information content (AvgIpc) is 2.53. The number of benzene rings is 1. The van der Waals surface area contributed by atoms with E-state index in [2.05, 4.69) is 26.1 Å². The van der Waals surface area contributed by atoms with Gasteiger partial charge in [0, 0.05) is 30.9 Å². The third-order valence-corrected chi connectivity index (χ3v) is 4.42. The van der Waals surface area contributed by atoms with Gasteiger partial charge in [-0.3, -0.25) is 4.79 Å². The number of aryl methyl sites for hydroxylation is 1. The van der Waals surface area contributed by atoms with Crippen molar-refractivity contribution < 1.29 is 4.79 Å². The number of amides is 1. The van der Waals surface area contributed by atoms with Crippen LogP contribution in [0.1, 0.15) is 55.5 Å². The van der Waals surface area contributed by atoms with Crippen molar-refractivity contribution in [2.24, 2.45) is 5.92 Å². The van der Waals surface area contributed by atoms with Gasteiger partial charge in [-0.15, -0.1) is 0 Å². The van der Waals surface area contributed by atoms with Crippen molar-refractivity contribution in [1.82, 2.24) is 4.90 Å². The summed E-state index contributed by atoms with van der Waals surface area (Å²) in [6.07, 6.45) is 4.67. The maximum absolute atomic E-state index is 12.6. The maximum atomic E-state index is 12.6. The van der Waals surface area contributed by atoms with Gasteiger partial charge in [0.05, 0.1) is 0 Å². The molecule has 1 saturated heterocycles. The van der Waals surface area contributed by atoms with E-state index in [4.69, 9.17) is 0 Å². The Hall–Kier alpha value is -1.51. The molecule has 2 rings (SSSR count). The Bertz CT molecular complexity index is 484. The Labute approximate surface area is 128 Å². The number of piperidine rings is 1. The van der Waals surface area contributed by atoms with E-state index >= 15 is 0 Å². The molecule has 1 amide bonds. The lowest BCUT2D eigenvalue weighted by Gasteiger charge is -2.32. The number of carbonyl (C=O) groups is 1. The fourth-order valence-electron chi connectivity index (χ4n) is 3.02. The first-order valence-corrected chi connectivity index (χ1v) is 8.29. The van der Waals surface area contributed by atoms with E-state index in [9.17, 15) is 4.79 Å². The number of hydrogen-bond acceptors (Lipinski definition) is 2. The van der Waals surface area contributed by atoms with E-state index in [1.165, 1.54) is 12.8 Å². The average molecular weight is 288 g/mol. The fourth-order valence-corrected chi connectivity index (χ4v) is 3.02. The Morgan fingerprint density at radius 2 is 2.19 bits per heavy atom. The van der Waals surface area contributed by atoms with Crippen LogP contribution in [-0.4, -0.2) is 30.4 Å². The topological polar surface area (TPSA) is 32.3 Å². The number of carbonyl (C=O) groups excluding carboxylic acids is 1. The molecule has 1 aliphatic heterocycles. The molecule has 0 radical (unpaired) electrons. The highest BCUT2D eigenvalue weighted by Gasteiger charge is 2.23. The summed E-state index contributed by atoms with van der Waals surface area (Å²) in [5.74, 6) is 0.868. The second kappa shape index (κ2) is 7.48. The lowest BCUT2D eigenvalue weighted by Crippen LogP contribution is -2.39. The molecular weight excluding hydrogens is 260 g/mol. The number of nitrogens with one attached hydrogen (secondary N) is 1. The summed E-state index contributed by atoms with van der Waals surface area (Å²) in [6, 6.07) is 6.03. The molecule has 1 unspecified atom stereocenters. The molecule has 0 saturated carbocycles. The van der Waals surface area contributed by atoms with Crippen molar-refractivity contribution in [3.8, 4) is 0 Å². The van der Waals surface area contributed by atoms with Crippen LogP contribution in [0.2, 0.25) is 0 Å². The highest BCUT2D eigenvalue weighted by atomic mass is 16.2. The number of likely N-dealkylation sites (tertiary alicyclic amines) is 1. The van der Waals surface area contributed by atoms with Crippen molar-refractivity contribution in [3.05, 3.63) is 29.3 Å². The van der Waals surface area contributed by atoms with Crippen LogP contribution in [-0.2, 0) is 0 Å². The first-order valence-electron chi connectivity index (χ1n) is 8.29. The van der Waals surface area contributed by atoms with Crippen LogP contribution in [0.25, 0.3) is 0 Å². The molecule has 21 heavy (non-hydrogen) atoms. The Kier molecular flexibility index (Phi) is 5.66. The maximum Gasteiger partial charge on any atom is 0.253 e. The van der Waals surface area contributed by atoms with E-state index < -0.39 is 0 Å². The van der Waals surface area contributed by atoms with Crippen LogP contribution in [0.3, 0.4) is 0 Å². The van der Waals surface area contributed by atoms with Gasteiger partial charge in [-0.05, 0) is 55.9 Å². The summed E-state index contributed by atoms with van der Waals surface area (Å²) in [6.45, 7) is 9.24. The first-order chi connectivity index (χ1) is 10.2. The molecule has 1 aromatic carbocycles. The largest absolute Gasteiger partial charge is 0.385 e. The standard InChI is InChI=1S/C18H28N2O/c1-4-10-19-17-9-8-16(12-14(17)3)18(21)20-11-6-7-15(5-2)13-20/h8-9,12,15,19H,4-7,10-11,13H2,1-3H3. The molecule has 1 aliphatic rings. The minimum atomic E-state index is 0.193. The molecule has 116 valence electrons. The number of anilines is 1. The van der Waals surface area contributed by atoms with E-state index in [0.717, 1.165) is 49.3 Å². The van der Waals surface area contributed by atoms with Gasteiger partial charge in [0.2, 0.25) is 0 Å². The van der Waals surface area contributed by atoms with Crippen LogP contribution in [0, 0.1) is 12.8 Å². The Balaban J connectivity index is 2.07. The van der Waals surface area contributed by atoms with Gasteiger partial charge in [0.25, 0.3) is 5.91 Å². The number of hydrogen-bond donors (Lipinski definition) is 1. The summed E-state index contributed by atoms with van der Waals surface area (Å²) in [5, 5.41) is 3.40. The zero-order valence-corrected chi connectivity index (χ0v) is 13.6. The lowest BCUT2D eigenvalue weighted by molar-refractivity contribution is 0.0671. The monoisotopic (exact) mass is 288 g/mol. The molecule has 1 heterocycles. The smallest absolute Gasteiger partial charge is 0.253 e. The molecule has 0 aliphatic carbocycles. The molecule has 3 nitrogen and oxygen atoms in total. The van der Waals surface area contributed by atoms with Gasteiger partial charge in [0.1, 0.15) is 0 Å². The van der Waals surface area contributed by atoms with E-state index in [1.807, 2.05) is 23.1 Å². The molecule has 1 aromatic rings. The van der Waals surface area contributed by atoms with Gasteiger partial charge >= 0.3 is 0 Å². The first kappa shape index (κ1) is 15.9. The predicted octanol–water partition coefficient (Wildman–Crippen LogP) is 4.08. The summed E-state index contributed by atoms with van der Waals surface area (Å²) in [5.41, 5.74) is 3.11. The number of rotatable bonds is 5. The summed E-state index contributed by atoms with van der Waals surface area (Å²) in [4.78, 5) is 14.7. The van der Waals surface area contributed by atoms with Gasteiger partial charge < -0.3 is 10.2 Å². The van der Waals surface area contributed by atoms with Gasteiger partial charge in [-0.2, -0.15) is 0 Å². The fraction of sp³-hybridized carbons (Fsp3) is 0.611. The molecule has 0 spiro atoms. The Morgan fingerprint density at radius 1 is 1.38 bits per heavy atom. The van der Waals surface area contributed by atoms with Crippen LogP contribution in [0.4, 0.5) is 5.69 Å². The van der Waals surface area contributed by atoms with Crippen molar-refractivity contribution in [1.29, 1.82) is 0 Å². The van der Waals surface area contributed by atoms with Crippen molar-refractivity contribution in [2.45, 2.75) is 46.5 Å². The number of nitrogens with zero attached hydrogens (tertiary/aromatic N) is 1. The molecule has 1 atom stereocenters. The molecule has 1 fully saturated rings. The highest BCUT2D eigenvalue weighted by molar-refractivity contribution is 5.95. The van der Waals surface area contributed by atoms with E-state index in [-0.39, 0.29) is 5.91 Å². The zero-order valence-electron chi connectivity index (χ0n) is 13.6. The molecule has 0 aromatic heterocycles. The molecule has 1 N–H and O–H groups in total. The van der Waals surface area contributed by atoms with Crippen LogP contribution >= 0.6 is 0 Å². The van der Waals surface area contributed by atoms with Gasteiger partial charge in [-0.25, -0.2) is 0 Å². The van der Waals surface area contributed by atoms with Crippen molar-refractivity contribution in [3.63, 3.8) is 0 Å². The Morgan fingerprint density at radius 3 is 2.86 bits per heavy atom. The molecular formula is C18H28N2O. The second-order valence-corrected chi connectivity index (χ2v) is 6.12. The van der Waals surface area contributed by atoms with Gasteiger partial charge in [0.15, 0.2) is 0 Å². The summed E-state index contributed by atoms with van der Waals surface area (Å²) in [7, 11) is 0. The summed E-state index contributed by atoms with van der Waals surface area (Å²) < 4.78 is 0. The quantitative estimate of drug-likeness (QED) is 0.885. The molecule has 0 bridgehead atoms. The van der Waals surface area contributed by atoms with Crippen LogP contribution < -0.4 is 5.32 Å². The zero-order chi connectivity index (χ0) is 15.2. The predicted molar refractivity (Wildman–Crippen MR) is 88.9 cm³/mol. The van der Waals surface area contributed by atoms with Crippen LogP contribution in [0.15, 0.2) is 18.2 Å². The van der Waals surface area contributed by atoms with E-state index in [1.54, 1.807) is 0 Å². The van der Waals surface area contributed by atoms with Crippen molar-refractivity contribution >= 4 is 11.6 Å². The minimum absolute atomic E-state index is 0.193. The lowest BCUT2D eigenvalue weighted by atomic mass is 9.95. The minimum Gasteiger partial charge on any atom is -0.385 e. The van der Waals surface area contributed by atoms with E-state index in [0.29, 0.717) is 5.92 Å². The van der Waals surface area contributed by atoms with Gasteiger partial charge in [-0.1, -0.05) is 20.3 Å². The molecule has 3 heteroatoms. The second-order valence-electron chi connectivity index (χ2n) is 6.12. The van der Waals surface area contributed by atoms with Crippen molar-refractivity contribution in [2.75, 3.05) is 25.0 Å². The third-order valence-electron chi connectivity index (χ3n) is 4.42. The normalized spacial score (nSPS) is 18.6. The SMILES string of the molecule is CCCNc1ccc(C(=O)N2CCCC(CC)C2)cc1C. The highest BCUT2D eigenvalue weighted by Crippen LogP contribution is 2.22. The van der Waals surface area contributed by atoms with Crippen LogP contribution in [0.5, 0.6) is 0 Å².